The van der Waals surface area contributed by atoms with E-state index in [4.69, 9.17) is 0 Å². The molecule has 1 N–H and O–H groups in total. The summed E-state index contributed by atoms with van der Waals surface area (Å²) in [6, 6.07) is 13.4. The second-order valence-electron chi connectivity index (χ2n) is 5.18. The van der Waals surface area contributed by atoms with Crippen molar-refractivity contribution in [2.24, 2.45) is 0 Å². The highest BCUT2D eigenvalue weighted by Gasteiger charge is 2.14. The van der Waals surface area contributed by atoms with Gasteiger partial charge in [-0.05, 0) is 54.7 Å². The number of aliphatic carboxylic acids is 1. The molecular weight excluding hydrogens is 314 g/mol. The predicted octanol–water partition coefficient (Wildman–Crippen LogP) is 1.73. The molecular formula is C17H18NO4S-. The standard InChI is InChI=1S/C17H19NO4S/c1-2-13-4-3-5-15(12-13)18-23(21,22)16-9-6-14(7-10-16)8-11-17(19)20/h3-7,9-10,12,18H,2,8,11H2,1H3,(H,19,20)/p-1. The molecule has 0 bridgehead atoms. The van der Waals surface area contributed by atoms with Crippen LogP contribution in [0.2, 0.25) is 0 Å². The maximum Gasteiger partial charge on any atom is 0.261 e. The van der Waals surface area contributed by atoms with Gasteiger partial charge in [0.2, 0.25) is 0 Å². The predicted molar refractivity (Wildman–Crippen MR) is 86.4 cm³/mol. The fraction of sp³-hybridized carbons (Fsp3) is 0.235. The molecule has 0 spiro atoms. The molecule has 2 rings (SSSR count). The molecule has 0 saturated heterocycles. The van der Waals surface area contributed by atoms with Crippen molar-refractivity contribution in [1.29, 1.82) is 0 Å². The van der Waals surface area contributed by atoms with Gasteiger partial charge in [-0.2, -0.15) is 0 Å². The van der Waals surface area contributed by atoms with Gasteiger partial charge >= 0.3 is 0 Å². The van der Waals surface area contributed by atoms with Crippen LogP contribution >= 0.6 is 0 Å². The third kappa shape index (κ3) is 4.82. The van der Waals surface area contributed by atoms with Gasteiger partial charge in [0.1, 0.15) is 0 Å². The number of sulfonamides is 1. The number of hydrogen-bond donors (Lipinski definition) is 1. The number of aryl methyl sites for hydroxylation is 2. The fourth-order valence-corrected chi connectivity index (χ4v) is 3.20. The Morgan fingerprint density at radius 1 is 1.09 bits per heavy atom. The number of rotatable bonds is 7. The molecule has 0 atom stereocenters. The zero-order chi connectivity index (χ0) is 16.9. The van der Waals surface area contributed by atoms with E-state index in [1.165, 1.54) is 12.1 Å². The quantitative estimate of drug-likeness (QED) is 0.836. The Hall–Kier alpha value is -2.34. The molecule has 0 saturated carbocycles. The number of benzene rings is 2. The van der Waals surface area contributed by atoms with Crippen molar-refractivity contribution in [3.63, 3.8) is 0 Å². The third-order valence-corrected chi connectivity index (χ3v) is 4.84. The van der Waals surface area contributed by atoms with Gasteiger partial charge in [0.05, 0.1) is 4.90 Å². The van der Waals surface area contributed by atoms with E-state index in [2.05, 4.69) is 4.72 Å². The van der Waals surface area contributed by atoms with Crippen molar-refractivity contribution in [1.82, 2.24) is 0 Å². The van der Waals surface area contributed by atoms with Crippen LogP contribution in [0, 0.1) is 0 Å². The highest BCUT2D eigenvalue weighted by Crippen LogP contribution is 2.18. The van der Waals surface area contributed by atoms with Gasteiger partial charge in [0.15, 0.2) is 0 Å². The molecule has 2 aromatic carbocycles. The smallest absolute Gasteiger partial charge is 0.261 e. The van der Waals surface area contributed by atoms with Gasteiger partial charge < -0.3 is 9.90 Å². The Morgan fingerprint density at radius 3 is 2.39 bits per heavy atom. The van der Waals surface area contributed by atoms with Crippen LogP contribution in [-0.4, -0.2) is 14.4 Å². The summed E-state index contributed by atoms with van der Waals surface area (Å²) in [6.07, 6.45) is 1.05. The summed E-state index contributed by atoms with van der Waals surface area (Å²) in [4.78, 5) is 10.6. The topological polar surface area (TPSA) is 86.3 Å². The van der Waals surface area contributed by atoms with E-state index in [1.54, 1.807) is 30.3 Å². The van der Waals surface area contributed by atoms with E-state index in [0.717, 1.165) is 17.5 Å². The van der Waals surface area contributed by atoms with Crippen molar-refractivity contribution in [3.8, 4) is 0 Å². The molecule has 0 amide bonds. The van der Waals surface area contributed by atoms with Crippen LogP contribution in [0.1, 0.15) is 24.5 Å². The van der Waals surface area contributed by atoms with E-state index < -0.39 is 16.0 Å². The van der Waals surface area contributed by atoms with Crippen molar-refractivity contribution in [2.45, 2.75) is 31.1 Å². The molecule has 0 aliphatic rings. The van der Waals surface area contributed by atoms with E-state index in [0.29, 0.717) is 12.1 Å². The average molecular weight is 332 g/mol. The molecule has 0 radical (unpaired) electrons. The highest BCUT2D eigenvalue weighted by molar-refractivity contribution is 7.92. The highest BCUT2D eigenvalue weighted by atomic mass is 32.2. The summed E-state index contributed by atoms with van der Waals surface area (Å²) in [7, 11) is -3.67. The van der Waals surface area contributed by atoms with Crippen LogP contribution in [0.15, 0.2) is 53.4 Å². The number of carbonyl (C=O) groups is 1. The minimum absolute atomic E-state index is 0.0891. The van der Waals surface area contributed by atoms with Crippen LogP contribution in [0.5, 0.6) is 0 Å². The van der Waals surface area contributed by atoms with Gasteiger partial charge in [-0.3, -0.25) is 4.72 Å². The molecule has 0 aliphatic heterocycles. The maximum absolute atomic E-state index is 12.4. The molecule has 0 aliphatic carbocycles. The van der Waals surface area contributed by atoms with Gasteiger partial charge in [-0.1, -0.05) is 31.2 Å². The van der Waals surface area contributed by atoms with Gasteiger partial charge in [-0.15, -0.1) is 0 Å². The Balaban J connectivity index is 2.14. The molecule has 2 aromatic rings. The van der Waals surface area contributed by atoms with E-state index >= 15 is 0 Å². The number of anilines is 1. The number of carboxylic acid groups (broad SMARTS) is 1. The summed E-state index contributed by atoms with van der Waals surface area (Å²) in [5.74, 6) is -1.13. The Labute approximate surface area is 136 Å². The fourth-order valence-electron chi connectivity index (χ4n) is 2.15. The van der Waals surface area contributed by atoms with Gasteiger partial charge in [-0.25, -0.2) is 8.42 Å². The third-order valence-electron chi connectivity index (χ3n) is 3.44. The lowest BCUT2D eigenvalue weighted by molar-refractivity contribution is -0.305. The summed E-state index contributed by atoms with van der Waals surface area (Å²) in [6.45, 7) is 2.00. The summed E-state index contributed by atoms with van der Waals surface area (Å²) in [5, 5.41) is 10.4. The van der Waals surface area contributed by atoms with Gasteiger partial charge in [0, 0.05) is 11.7 Å². The molecule has 23 heavy (non-hydrogen) atoms. The first-order valence-corrected chi connectivity index (χ1v) is 8.79. The zero-order valence-electron chi connectivity index (χ0n) is 12.8. The van der Waals surface area contributed by atoms with Crippen LogP contribution in [-0.2, 0) is 27.7 Å². The van der Waals surface area contributed by atoms with E-state index in [-0.39, 0.29) is 11.3 Å². The molecule has 0 fully saturated rings. The Kier molecular flexibility index (Phi) is 5.39. The molecule has 0 aromatic heterocycles. The van der Waals surface area contributed by atoms with E-state index in [1.807, 2.05) is 13.0 Å². The first-order valence-electron chi connectivity index (χ1n) is 7.31. The van der Waals surface area contributed by atoms with Crippen LogP contribution in [0.25, 0.3) is 0 Å². The zero-order valence-corrected chi connectivity index (χ0v) is 13.6. The lowest BCUT2D eigenvalue weighted by Gasteiger charge is -2.10. The number of carbonyl (C=O) groups excluding carboxylic acids is 1. The molecule has 0 heterocycles. The van der Waals surface area contributed by atoms with Crippen LogP contribution < -0.4 is 9.83 Å². The summed E-state index contributed by atoms with van der Waals surface area (Å²) in [5.41, 5.74) is 2.31. The van der Waals surface area contributed by atoms with Crippen molar-refractivity contribution in [3.05, 3.63) is 59.7 Å². The number of carboxylic acids is 1. The monoisotopic (exact) mass is 332 g/mol. The van der Waals surface area contributed by atoms with Gasteiger partial charge in [0.25, 0.3) is 10.0 Å². The molecule has 6 heteroatoms. The SMILES string of the molecule is CCc1cccc(NS(=O)(=O)c2ccc(CCC(=O)[O-])cc2)c1. The maximum atomic E-state index is 12.4. The van der Waals surface area contributed by atoms with Crippen molar-refractivity contribution >= 4 is 21.7 Å². The van der Waals surface area contributed by atoms with Crippen molar-refractivity contribution in [2.75, 3.05) is 4.72 Å². The molecule has 0 unspecified atom stereocenters. The normalized spacial score (nSPS) is 11.2. The minimum Gasteiger partial charge on any atom is -0.550 e. The van der Waals surface area contributed by atoms with E-state index in [9.17, 15) is 18.3 Å². The second-order valence-corrected chi connectivity index (χ2v) is 6.86. The lowest BCUT2D eigenvalue weighted by Crippen LogP contribution is -2.22. The lowest BCUT2D eigenvalue weighted by atomic mass is 10.1. The molecule has 5 nitrogen and oxygen atoms in total. The number of nitrogens with one attached hydrogen (secondary N) is 1. The minimum atomic E-state index is -3.67. The van der Waals surface area contributed by atoms with Crippen LogP contribution in [0.3, 0.4) is 0 Å². The largest absolute Gasteiger partial charge is 0.550 e. The first kappa shape index (κ1) is 17.0. The average Bonchev–Trinajstić information content (AvgIpc) is 2.53. The second kappa shape index (κ2) is 7.28. The number of hydrogen-bond acceptors (Lipinski definition) is 4. The summed E-state index contributed by atoms with van der Waals surface area (Å²) >= 11 is 0. The Bertz CT molecular complexity index is 782. The van der Waals surface area contributed by atoms with Crippen molar-refractivity contribution < 1.29 is 18.3 Å². The molecule has 122 valence electrons. The summed E-state index contributed by atoms with van der Waals surface area (Å²) < 4.78 is 27.3. The Morgan fingerprint density at radius 2 is 1.78 bits per heavy atom. The first-order chi connectivity index (χ1) is 10.9. The van der Waals surface area contributed by atoms with Crippen LogP contribution in [0.4, 0.5) is 5.69 Å².